The Labute approximate surface area is 158 Å². The number of benzene rings is 1. The molecule has 1 spiro atoms. The second-order valence-corrected chi connectivity index (χ2v) is 7.59. The van der Waals surface area contributed by atoms with Gasteiger partial charge in [-0.2, -0.15) is 0 Å². The van der Waals surface area contributed by atoms with E-state index in [2.05, 4.69) is 16.8 Å². The fourth-order valence-electron chi connectivity index (χ4n) is 5.27. The molecule has 1 amide bonds. The Morgan fingerprint density at radius 1 is 1.44 bits per heavy atom. The Kier molecular flexibility index (Phi) is 4.30. The lowest BCUT2D eigenvalue weighted by molar-refractivity contribution is -0.134. The third-order valence-electron chi connectivity index (χ3n) is 6.50. The Hall–Kier alpha value is -2.60. The normalized spacial score (nSPS) is 32.7. The smallest absolute Gasteiger partial charge is 0.334 e. The van der Waals surface area contributed by atoms with Gasteiger partial charge in [0.15, 0.2) is 0 Å². The van der Waals surface area contributed by atoms with Crippen molar-refractivity contribution in [3.8, 4) is 0 Å². The predicted octanol–water partition coefficient (Wildman–Crippen LogP) is 2.39. The van der Waals surface area contributed by atoms with E-state index in [1.54, 1.807) is 0 Å². The van der Waals surface area contributed by atoms with Gasteiger partial charge in [-0.25, -0.2) is 4.79 Å². The molecule has 3 heterocycles. The Bertz CT molecular complexity index is 833. The predicted molar refractivity (Wildman–Crippen MR) is 101 cm³/mol. The number of nitrogens with one attached hydrogen (secondary N) is 1. The molecule has 0 aromatic heterocycles. The van der Waals surface area contributed by atoms with Crippen molar-refractivity contribution >= 4 is 17.6 Å². The summed E-state index contributed by atoms with van der Waals surface area (Å²) in [6.45, 7) is 5.44. The number of fused-ring (bicyclic) bond motifs is 4. The number of amides is 1. The molecule has 0 bridgehead atoms. The summed E-state index contributed by atoms with van der Waals surface area (Å²) < 4.78 is 5.05. The largest absolute Gasteiger partial charge is 0.504 e. The van der Waals surface area contributed by atoms with Crippen LogP contribution in [0.1, 0.15) is 18.4 Å². The molecule has 6 nitrogen and oxygen atoms in total. The molecular formula is C21H24N2O4. The Balaban J connectivity index is 1.76. The SMILES string of the molecule is C=C[C@@H]1CN2CC[C@]3(C(=O)Nc4ccccc43)[C@@H]2C[C@@H]1/C(=C/OC)C(=O)O. The number of hydrogen-bond acceptors (Lipinski definition) is 4. The standard InChI is InChI=1S/C21H24N2O4/c1-3-13-11-23-9-8-21(16-6-4-5-7-17(16)22-20(21)26)18(23)10-14(13)15(12-27-2)19(24)25/h3-7,12-14,18H,1,8-11H2,2H3,(H,22,26)(H,24,25)/b15-12-/t13-,14+,18+,21-/m1/s1. The number of hydrogen-bond donors (Lipinski definition) is 2. The lowest BCUT2D eigenvalue weighted by Crippen LogP contribution is -2.53. The minimum absolute atomic E-state index is 0.00797. The zero-order chi connectivity index (χ0) is 19.2. The Morgan fingerprint density at radius 2 is 2.22 bits per heavy atom. The van der Waals surface area contributed by atoms with E-state index in [9.17, 15) is 14.7 Å². The average molecular weight is 368 g/mol. The van der Waals surface area contributed by atoms with Crippen LogP contribution >= 0.6 is 0 Å². The van der Waals surface area contributed by atoms with E-state index in [1.165, 1.54) is 13.4 Å². The van der Waals surface area contributed by atoms with E-state index < -0.39 is 11.4 Å². The van der Waals surface area contributed by atoms with Crippen molar-refractivity contribution in [1.82, 2.24) is 4.90 Å². The average Bonchev–Trinajstić information content (AvgIpc) is 3.18. The lowest BCUT2D eigenvalue weighted by Gasteiger charge is -2.44. The van der Waals surface area contributed by atoms with Crippen LogP contribution in [0.2, 0.25) is 0 Å². The summed E-state index contributed by atoms with van der Waals surface area (Å²) in [5, 5.41) is 12.7. The molecule has 3 aliphatic heterocycles. The second kappa shape index (κ2) is 6.53. The summed E-state index contributed by atoms with van der Waals surface area (Å²) in [4.78, 5) is 27.3. The molecule has 142 valence electrons. The minimum Gasteiger partial charge on any atom is -0.504 e. The van der Waals surface area contributed by atoms with E-state index in [-0.39, 0.29) is 29.4 Å². The quantitative estimate of drug-likeness (QED) is 0.485. The van der Waals surface area contributed by atoms with E-state index >= 15 is 0 Å². The molecule has 0 saturated carbocycles. The maximum absolute atomic E-state index is 13.1. The summed E-state index contributed by atoms with van der Waals surface area (Å²) in [5.41, 5.74) is 1.54. The van der Waals surface area contributed by atoms with Crippen LogP contribution in [0.3, 0.4) is 0 Å². The monoisotopic (exact) mass is 368 g/mol. The minimum atomic E-state index is -0.981. The van der Waals surface area contributed by atoms with Gasteiger partial charge in [0.05, 0.1) is 24.4 Å². The molecule has 6 heteroatoms. The maximum atomic E-state index is 13.1. The van der Waals surface area contributed by atoms with Crippen LogP contribution in [0.25, 0.3) is 0 Å². The number of carboxylic acid groups (broad SMARTS) is 1. The first-order chi connectivity index (χ1) is 13.0. The number of ether oxygens (including phenoxy) is 1. The molecular weight excluding hydrogens is 344 g/mol. The first-order valence-corrected chi connectivity index (χ1v) is 9.26. The number of nitrogens with zero attached hydrogens (tertiary/aromatic N) is 1. The topological polar surface area (TPSA) is 78.9 Å². The molecule has 2 saturated heterocycles. The maximum Gasteiger partial charge on any atom is 0.334 e. The zero-order valence-corrected chi connectivity index (χ0v) is 15.4. The highest BCUT2D eigenvalue weighted by Crippen LogP contribution is 2.52. The summed E-state index contributed by atoms with van der Waals surface area (Å²) in [5.74, 6) is -1.18. The summed E-state index contributed by atoms with van der Waals surface area (Å²) in [6.07, 6.45) is 4.48. The molecule has 0 aliphatic carbocycles. The van der Waals surface area contributed by atoms with Crippen LogP contribution in [0.4, 0.5) is 5.69 Å². The number of anilines is 1. The molecule has 2 N–H and O–H groups in total. The molecule has 1 aromatic rings. The number of methoxy groups -OCH3 is 1. The van der Waals surface area contributed by atoms with Gasteiger partial charge in [-0.05, 0) is 36.9 Å². The van der Waals surface area contributed by atoms with Crippen molar-refractivity contribution in [2.45, 2.75) is 24.3 Å². The molecule has 1 aromatic carbocycles. The molecule has 0 unspecified atom stereocenters. The molecule has 4 atom stereocenters. The molecule has 3 aliphatic rings. The molecule has 27 heavy (non-hydrogen) atoms. The van der Waals surface area contributed by atoms with E-state index in [0.29, 0.717) is 13.0 Å². The van der Waals surface area contributed by atoms with Gasteiger partial charge in [0.2, 0.25) is 5.91 Å². The summed E-state index contributed by atoms with van der Waals surface area (Å²) >= 11 is 0. The Morgan fingerprint density at radius 3 is 2.93 bits per heavy atom. The highest BCUT2D eigenvalue weighted by Gasteiger charge is 2.60. The van der Waals surface area contributed by atoms with Crippen molar-refractivity contribution < 1.29 is 19.4 Å². The van der Waals surface area contributed by atoms with Gasteiger partial charge in [0.25, 0.3) is 0 Å². The number of aliphatic carboxylic acids is 1. The van der Waals surface area contributed by atoms with Crippen molar-refractivity contribution in [2.24, 2.45) is 11.8 Å². The highest BCUT2D eigenvalue weighted by molar-refractivity contribution is 6.07. The zero-order valence-electron chi connectivity index (χ0n) is 15.4. The summed E-state index contributed by atoms with van der Waals surface area (Å²) in [7, 11) is 1.46. The molecule has 2 fully saturated rings. The van der Waals surface area contributed by atoms with Crippen LogP contribution in [-0.4, -0.2) is 48.1 Å². The van der Waals surface area contributed by atoms with Crippen LogP contribution in [0.15, 0.2) is 48.8 Å². The fraction of sp³-hybridized carbons (Fsp3) is 0.429. The lowest BCUT2D eigenvalue weighted by atomic mass is 9.68. The van der Waals surface area contributed by atoms with Gasteiger partial charge in [0, 0.05) is 24.2 Å². The number of carbonyl (C=O) groups is 2. The summed E-state index contributed by atoms with van der Waals surface area (Å²) in [6, 6.07) is 7.80. The fourth-order valence-corrected chi connectivity index (χ4v) is 5.27. The van der Waals surface area contributed by atoms with Gasteiger partial charge in [-0.1, -0.05) is 24.3 Å². The number of para-hydroxylation sites is 1. The first kappa shape index (κ1) is 17.8. The van der Waals surface area contributed by atoms with Crippen LogP contribution < -0.4 is 5.32 Å². The number of rotatable bonds is 4. The van der Waals surface area contributed by atoms with E-state index in [1.807, 2.05) is 30.3 Å². The van der Waals surface area contributed by atoms with Crippen molar-refractivity contribution in [2.75, 3.05) is 25.5 Å². The van der Waals surface area contributed by atoms with E-state index in [4.69, 9.17) is 4.74 Å². The van der Waals surface area contributed by atoms with Gasteiger partial charge >= 0.3 is 5.97 Å². The molecule has 4 rings (SSSR count). The second-order valence-electron chi connectivity index (χ2n) is 7.59. The number of carboxylic acids is 1. The van der Waals surface area contributed by atoms with Crippen LogP contribution in [0, 0.1) is 11.8 Å². The van der Waals surface area contributed by atoms with Gasteiger partial charge < -0.3 is 15.2 Å². The molecule has 0 radical (unpaired) electrons. The van der Waals surface area contributed by atoms with Crippen molar-refractivity contribution in [3.05, 3.63) is 54.3 Å². The van der Waals surface area contributed by atoms with Crippen molar-refractivity contribution in [1.29, 1.82) is 0 Å². The van der Waals surface area contributed by atoms with E-state index in [0.717, 1.165) is 24.2 Å². The third kappa shape index (κ3) is 2.51. The van der Waals surface area contributed by atoms with Crippen molar-refractivity contribution in [3.63, 3.8) is 0 Å². The van der Waals surface area contributed by atoms with Crippen LogP contribution in [0.5, 0.6) is 0 Å². The van der Waals surface area contributed by atoms with Gasteiger partial charge in [-0.15, -0.1) is 6.58 Å². The first-order valence-electron chi connectivity index (χ1n) is 9.26. The highest BCUT2D eigenvalue weighted by atomic mass is 16.5. The van der Waals surface area contributed by atoms with Gasteiger partial charge in [-0.3, -0.25) is 9.69 Å². The number of piperidine rings is 1. The third-order valence-corrected chi connectivity index (χ3v) is 6.50. The number of carbonyl (C=O) groups excluding carboxylic acids is 1. The van der Waals surface area contributed by atoms with Crippen LogP contribution in [-0.2, 0) is 19.7 Å². The van der Waals surface area contributed by atoms with Gasteiger partial charge in [0.1, 0.15) is 0 Å².